The second-order valence-corrected chi connectivity index (χ2v) is 4.89. The van der Waals surface area contributed by atoms with E-state index in [1.807, 2.05) is 25.1 Å². The highest BCUT2D eigenvalue weighted by atomic mass is 32.1. The van der Waals surface area contributed by atoms with Crippen LogP contribution in [0.25, 0.3) is 21.3 Å². The first-order valence-electron chi connectivity index (χ1n) is 5.36. The molecule has 0 saturated carbocycles. The van der Waals surface area contributed by atoms with Gasteiger partial charge in [-0.2, -0.15) is 5.26 Å². The number of nitriles is 1. The molecule has 1 aromatic carbocycles. The summed E-state index contributed by atoms with van der Waals surface area (Å²) in [6.45, 7) is 1.93. The zero-order valence-corrected chi connectivity index (χ0v) is 10.1. The molecule has 0 aliphatic carbocycles. The van der Waals surface area contributed by atoms with Gasteiger partial charge in [0.2, 0.25) is 0 Å². The molecule has 0 atom stereocenters. The van der Waals surface area contributed by atoms with Gasteiger partial charge >= 0.3 is 0 Å². The van der Waals surface area contributed by atoms with Crippen LogP contribution in [0.5, 0.6) is 0 Å². The van der Waals surface area contributed by atoms with Gasteiger partial charge in [0.1, 0.15) is 6.07 Å². The van der Waals surface area contributed by atoms with Crippen molar-refractivity contribution in [3.63, 3.8) is 0 Å². The molecule has 2 nitrogen and oxygen atoms in total. The van der Waals surface area contributed by atoms with Crippen LogP contribution >= 0.6 is 11.3 Å². The molecule has 2 heterocycles. The summed E-state index contributed by atoms with van der Waals surface area (Å²) in [5.41, 5.74) is 3.85. The Hall–Kier alpha value is -2.05. The third-order valence-corrected chi connectivity index (χ3v) is 3.87. The molecule has 2 aromatic heterocycles. The van der Waals surface area contributed by atoms with Crippen molar-refractivity contribution in [2.75, 3.05) is 0 Å². The van der Waals surface area contributed by atoms with Crippen LogP contribution in [-0.4, -0.2) is 4.98 Å². The zero-order valence-electron chi connectivity index (χ0n) is 9.32. The molecule has 1 N–H and O–H groups in total. The van der Waals surface area contributed by atoms with Crippen molar-refractivity contribution < 1.29 is 0 Å². The number of rotatable bonds is 1. The van der Waals surface area contributed by atoms with Crippen molar-refractivity contribution in [2.45, 2.75) is 6.92 Å². The van der Waals surface area contributed by atoms with Gasteiger partial charge in [0, 0.05) is 32.4 Å². The Morgan fingerprint density at radius 3 is 2.88 bits per heavy atom. The van der Waals surface area contributed by atoms with E-state index >= 15 is 0 Å². The summed E-state index contributed by atoms with van der Waals surface area (Å²) in [6, 6.07) is 12.4. The highest BCUT2D eigenvalue weighted by Gasteiger charge is 2.10. The summed E-state index contributed by atoms with van der Waals surface area (Å²) < 4.78 is 1.27. The first-order valence-corrected chi connectivity index (χ1v) is 6.24. The third-order valence-electron chi connectivity index (χ3n) is 2.91. The van der Waals surface area contributed by atoms with Crippen LogP contribution in [0.15, 0.2) is 35.7 Å². The molecule has 0 saturated heterocycles. The van der Waals surface area contributed by atoms with Crippen LogP contribution in [-0.2, 0) is 0 Å². The second-order valence-electron chi connectivity index (χ2n) is 3.98. The first-order chi connectivity index (χ1) is 8.29. The smallest absolute Gasteiger partial charge is 0.101 e. The van der Waals surface area contributed by atoms with Gasteiger partial charge in [0.05, 0.1) is 5.56 Å². The van der Waals surface area contributed by atoms with Gasteiger partial charge in [-0.3, -0.25) is 0 Å². The van der Waals surface area contributed by atoms with Crippen molar-refractivity contribution >= 4 is 21.4 Å². The number of fused-ring (bicyclic) bond motifs is 1. The zero-order chi connectivity index (χ0) is 11.8. The van der Waals surface area contributed by atoms with Crippen LogP contribution < -0.4 is 0 Å². The molecule has 0 bridgehead atoms. The van der Waals surface area contributed by atoms with Crippen molar-refractivity contribution in [1.29, 1.82) is 5.26 Å². The van der Waals surface area contributed by atoms with E-state index in [1.165, 1.54) is 15.6 Å². The summed E-state index contributed by atoms with van der Waals surface area (Å²) in [5.74, 6) is 0. The molecule has 0 fully saturated rings. The number of H-pyrrole nitrogens is 1. The van der Waals surface area contributed by atoms with Crippen molar-refractivity contribution in [3.8, 4) is 17.3 Å². The number of aryl methyl sites for hydroxylation is 1. The van der Waals surface area contributed by atoms with Crippen molar-refractivity contribution in [2.24, 2.45) is 0 Å². The Labute approximate surface area is 103 Å². The summed E-state index contributed by atoms with van der Waals surface area (Å²) in [7, 11) is 0. The molecule has 0 unspecified atom stereocenters. The molecule has 3 rings (SSSR count). The molecule has 17 heavy (non-hydrogen) atoms. The summed E-state index contributed by atoms with van der Waals surface area (Å²) in [4.78, 5) is 3.27. The summed E-state index contributed by atoms with van der Waals surface area (Å²) in [5, 5.41) is 12.4. The molecule has 0 amide bonds. The van der Waals surface area contributed by atoms with E-state index in [4.69, 9.17) is 5.26 Å². The van der Waals surface area contributed by atoms with Gasteiger partial charge < -0.3 is 4.98 Å². The van der Waals surface area contributed by atoms with E-state index in [-0.39, 0.29) is 0 Å². The lowest BCUT2D eigenvalue weighted by Crippen LogP contribution is -1.75. The normalized spacial score (nSPS) is 10.6. The average Bonchev–Trinajstić information content (AvgIpc) is 2.92. The van der Waals surface area contributed by atoms with E-state index in [9.17, 15) is 0 Å². The molecule has 0 radical (unpaired) electrons. The Balaban J connectivity index is 2.24. The number of benzene rings is 1. The molecule has 0 aliphatic rings. The minimum atomic E-state index is 0.718. The number of nitrogens with zero attached hydrogens (tertiary/aromatic N) is 1. The fourth-order valence-electron chi connectivity index (χ4n) is 2.01. The maximum Gasteiger partial charge on any atom is 0.101 e. The number of hydrogen-bond donors (Lipinski definition) is 1. The quantitative estimate of drug-likeness (QED) is 0.681. The van der Waals surface area contributed by atoms with Gasteiger partial charge in [-0.05, 0) is 19.1 Å². The highest BCUT2D eigenvalue weighted by molar-refractivity contribution is 7.17. The topological polar surface area (TPSA) is 39.6 Å². The molecule has 3 aromatic rings. The lowest BCUT2D eigenvalue weighted by atomic mass is 10.1. The van der Waals surface area contributed by atoms with E-state index < -0.39 is 0 Å². The van der Waals surface area contributed by atoms with E-state index in [2.05, 4.69) is 28.6 Å². The van der Waals surface area contributed by atoms with E-state index in [0.717, 1.165) is 17.0 Å². The Morgan fingerprint density at radius 2 is 2.12 bits per heavy atom. The largest absolute Gasteiger partial charge is 0.357 e. The fourth-order valence-corrected chi connectivity index (χ4v) is 2.97. The van der Waals surface area contributed by atoms with Crippen molar-refractivity contribution in [1.82, 2.24) is 4.98 Å². The molecular weight excluding hydrogens is 228 g/mol. The van der Waals surface area contributed by atoms with Crippen LogP contribution in [0.2, 0.25) is 0 Å². The standard InChI is InChI=1S/C14H10N2S/c1-9-10(7-15)6-13(16-9)12-8-17-14-5-3-2-4-11(12)14/h2-6,8,16H,1H3. The fraction of sp³-hybridized carbons (Fsp3) is 0.0714. The molecule has 0 spiro atoms. The maximum atomic E-state index is 8.98. The van der Waals surface area contributed by atoms with E-state index in [1.54, 1.807) is 11.3 Å². The Kier molecular flexibility index (Phi) is 2.24. The average molecular weight is 238 g/mol. The van der Waals surface area contributed by atoms with Gasteiger partial charge in [0.15, 0.2) is 0 Å². The van der Waals surface area contributed by atoms with E-state index in [0.29, 0.717) is 0 Å². The lowest BCUT2D eigenvalue weighted by Gasteiger charge is -1.95. The highest BCUT2D eigenvalue weighted by Crippen LogP contribution is 2.33. The Bertz CT molecular complexity index is 728. The maximum absolute atomic E-state index is 8.98. The summed E-state index contributed by atoms with van der Waals surface area (Å²) in [6.07, 6.45) is 0. The van der Waals surface area contributed by atoms with Crippen LogP contribution in [0.1, 0.15) is 11.3 Å². The van der Waals surface area contributed by atoms with Gasteiger partial charge in [-0.1, -0.05) is 18.2 Å². The number of aromatic nitrogens is 1. The van der Waals surface area contributed by atoms with Crippen molar-refractivity contribution in [3.05, 3.63) is 47.0 Å². The SMILES string of the molecule is Cc1[nH]c(-c2csc3ccccc23)cc1C#N. The monoisotopic (exact) mass is 238 g/mol. The third kappa shape index (κ3) is 1.54. The first kappa shape index (κ1) is 10.1. The molecular formula is C14H10N2S. The minimum absolute atomic E-state index is 0.718. The molecule has 0 aliphatic heterocycles. The second kappa shape index (κ2) is 3.76. The lowest BCUT2D eigenvalue weighted by molar-refractivity contribution is 1.26. The summed E-state index contributed by atoms with van der Waals surface area (Å²) >= 11 is 1.73. The predicted molar refractivity (Wildman–Crippen MR) is 71.1 cm³/mol. The number of hydrogen-bond acceptors (Lipinski definition) is 2. The van der Waals surface area contributed by atoms with Gasteiger partial charge in [-0.25, -0.2) is 0 Å². The predicted octanol–water partition coefficient (Wildman–Crippen LogP) is 4.08. The van der Waals surface area contributed by atoms with Gasteiger partial charge in [0.25, 0.3) is 0 Å². The van der Waals surface area contributed by atoms with Crippen LogP contribution in [0, 0.1) is 18.3 Å². The molecule has 82 valence electrons. The van der Waals surface area contributed by atoms with Gasteiger partial charge in [-0.15, -0.1) is 11.3 Å². The molecule has 3 heteroatoms. The number of aromatic amines is 1. The number of nitrogens with one attached hydrogen (secondary N) is 1. The minimum Gasteiger partial charge on any atom is -0.357 e. The van der Waals surface area contributed by atoms with Crippen LogP contribution in [0.4, 0.5) is 0 Å². The number of thiophene rings is 1. The van der Waals surface area contributed by atoms with Crippen LogP contribution in [0.3, 0.4) is 0 Å². The Morgan fingerprint density at radius 1 is 1.29 bits per heavy atom.